The number of carbonyl (C=O) groups is 2. The Hall–Kier alpha value is -4.54. The van der Waals surface area contributed by atoms with Gasteiger partial charge in [-0.1, -0.05) is 72.8 Å². The topological polar surface area (TPSA) is 168 Å². The number of nitrogens with two attached hydrogens (primary N) is 2. The average Bonchev–Trinajstić information content (AvgIpc) is 2.95. The summed E-state index contributed by atoms with van der Waals surface area (Å²) in [7, 11) is -4.59. The summed E-state index contributed by atoms with van der Waals surface area (Å²) in [5.41, 5.74) is 14.5. The minimum Gasteiger partial charge on any atom is -0.480 e. The zero-order chi connectivity index (χ0) is 28.7. The molecule has 6 N–H and O–H groups in total. The number of amides is 1. The number of nitrogen functional groups attached to an aromatic ring is 1. The van der Waals surface area contributed by atoms with Crippen molar-refractivity contribution >= 4 is 38.3 Å². The fourth-order valence-corrected chi connectivity index (χ4v) is 6.84. The van der Waals surface area contributed by atoms with Crippen molar-refractivity contribution in [3.05, 3.63) is 113 Å². The Morgan fingerprint density at radius 3 is 2.30 bits per heavy atom. The number of rotatable bonds is 7. The average molecular weight is 557 g/mol. The molecular formula is C30H28N4O5S. The summed E-state index contributed by atoms with van der Waals surface area (Å²) in [6, 6.07) is 23.8. The fourth-order valence-electron chi connectivity index (χ4n) is 5.18. The number of carboxylic acids is 1. The second-order valence-electron chi connectivity index (χ2n) is 9.95. The van der Waals surface area contributed by atoms with Gasteiger partial charge in [-0.25, -0.2) is 13.2 Å². The molecule has 1 amide bonds. The Bertz CT molecular complexity index is 1770. The van der Waals surface area contributed by atoms with Gasteiger partial charge in [-0.2, -0.15) is 0 Å². The SMILES string of the molecule is N=C(N)c1cccc(C[C@](N)(C(=O)N2Cc3ccccc3CC2C(=O)O)S(=O)(=O)c2ccc3ccccc3c2)c1. The highest BCUT2D eigenvalue weighted by Crippen LogP contribution is 2.33. The lowest BCUT2D eigenvalue weighted by Gasteiger charge is -2.40. The van der Waals surface area contributed by atoms with Crippen LogP contribution in [0.1, 0.15) is 22.3 Å². The Morgan fingerprint density at radius 1 is 0.925 bits per heavy atom. The van der Waals surface area contributed by atoms with Crippen LogP contribution < -0.4 is 11.5 Å². The number of sulfone groups is 1. The van der Waals surface area contributed by atoms with Crippen molar-refractivity contribution in [3.63, 3.8) is 0 Å². The number of fused-ring (bicyclic) bond motifs is 2. The van der Waals surface area contributed by atoms with Crippen molar-refractivity contribution in [2.24, 2.45) is 11.5 Å². The number of carbonyl (C=O) groups excluding carboxylic acids is 1. The van der Waals surface area contributed by atoms with Gasteiger partial charge in [0.05, 0.1) is 4.90 Å². The number of amidine groups is 1. The monoisotopic (exact) mass is 556 g/mol. The lowest BCUT2D eigenvalue weighted by atomic mass is 9.92. The third-order valence-electron chi connectivity index (χ3n) is 7.37. The van der Waals surface area contributed by atoms with E-state index < -0.39 is 39.0 Å². The molecular weight excluding hydrogens is 528 g/mol. The van der Waals surface area contributed by atoms with Gasteiger partial charge in [0, 0.05) is 24.9 Å². The highest BCUT2D eigenvalue weighted by Gasteiger charge is 2.52. The van der Waals surface area contributed by atoms with Crippen LogP contribution in [-0.2, 0) is 38.8 Å². The van der Waals surface area contributed by atoms with Crippen LogP contribution in [0.3, 0.4) is 0 Å². The molecule has 0 radical (unpaired) electrons. The first-order chi connectivity index (χ1) is 19.0. The summed E-state index contributed by atoms with van der Waals surface area (Å²) in [6.45, 7) is -0.106. The molecule has 0 saturated carbocycles. The van der Waals surface area contributed by atoms with Crippen molar-refractivity contribution in [1.29, 1.82) is 5.41 Å². The van der Waals surface area contributed by atoms with Crippen LogP contribution in [0.15, 0.2) is 95.9 Å². The third kappa shape index (κ3) is 4.72. The zero-order valence-electron chi connectivity index (χ0n) is 21.4. The van der Waals surface area contributed by atoms with Crippen LogP contribution >= 0.6 is 0 Å². The molecule has 9 nitrogen and oxygen atoms in total. The van der Waals surface area contributed by atoms with Crippen LogP contribution in [0.4, 0.5) is 0 Å². The number of nitrogens with zero attached hydrogens (tertiary/aromatic N) is 1. The van der Waals surface area contributed by atoms with Crippen LogP contribution in [0, 0.1) is 5.41 Å². The number of benzene rings is 4. The van der Waals surface area contributed by atoms with Gasteiger partial charge >= 0.3 is 5.97 Å². The summed E-state index contributed by atoms with van der Waals surface area (Å²) in [6.07, 6.45) is -0.449. The van der Waals surface area contributed by atoms with Crippen LogP contribution in [0.2, 0.25) is 0 Å². The third-order valence-corrected chi connectivity index (χ3v) is 9.52. The van der Waals surface area contributed by atoms with Gasteiger partial charge in [-0.15, -0.1) is 0 Å². The Kier molecular flexibility index (Phi) is 6.91. The molecule has 40 heavy (non-hydrogen) atoms. The molecule has 1 unspecified atom stereocenters. The molecule has 4 aromatic rings. The molecule has 0 spiro atoms. The number of hydrogen-bond acceptors (Lipinski definition) is 6. The van der Waals surface area contributed by atoms with E-state index in [0.29, 0.717) is 16.5 Å². The maximum atomic E-state index is 14.3. The van der Waals surface area contributed by atoms with Crippen molar-refractivity contribution < 1.29 is 23.1 Å². The second kappa shape index (κ2) is 10.2. The van der Waals surface area contributed by atoms with Gasteiger partial charge in [-0.05, 0) is 45.7 Å². The lowest BCUT2D eigenvalue weighted by molar-refractivity contribution is -0.152. The molecule has 1 aliphatic heterocycles. The molecule has 5 rings (SSSR count). The molecule has 0 aliphatic carbocycles. The van der Waals surface area contributed by atoms with Crippen molar-refractivity contribution in [1.82, 2.24) is 4.90 Å². The molecule has 10 heteroatoms. The van der Waals surface area contributed by atoms with Gasteiger partial charge in [0.25, 0.3) is 5.91 Å². The predicted molar refractivity (Wildman–Crippen MR) is 151 cm³/mol. The summed E-state index contributed by atoms with van der Waals surface area (Å²) < 4.78 is 28.7. The van der Waals surface area contributed by atoms with Crippen molar-refractivity contribution in [2.75, 3.05) is 0 Å². The molecule has 2 atom stereocenters. The van der Waals surface area contributed by atoms with E-state index in [1.165, 1.54) is 18.2 Å². The van der Waals surface area contributed by atoms with Crippen LogP contribution in [-0.4, -0.2) is 47.0 Å². The van der Waals surface area contributed by atoms with Gasteiger partial charge < -0.3 is 21.5 Å². The van der Waals surface area contributed by atoms with E-state index in [1.54, 1.807) is 60.7 Å². The molecule has 0 fully saturated rings. The Balaban J connectivity index is 1.66. The maximum absolute atomic E-state index is 14.3. The van der Waals surface area contributed by atoms with E-state index in [2.05, 4.69) is 0 Å². The van der Waals surface area contributed by atoms with Gasteiger partial charge in [0.15, 0.2) is 0 Å². The molecule has 204 valence electrons. The summed E-state index contributed by atoms with van der Waals surface area (Å²) >= 11 is 0. The normalized spacial score (nSPS) is 16.6. The Morgan fingerprint density at radius 2 is 1.60 bits per heavy atom. The largest absolute Gasteiger partial charge is 0.480 e. The van der Waals surface area contributed by atoms with Gasteiger partial charge in [0.2, 0.25) is 14.7 Å². The van der Waals surface area contributed by atoms with E-state index in [9.17, 15) is 23.1 Å². The fraction of sp³-hybridized carbons (Fsp3) is 0.167. The maximum Gasteiger partial charge on any atom is 0.326 e. The van der Waals surface area contributed by atoms with Gasteiger partial charge in [0.1, 0.15) is 11.9 Å². The number of carboxylic acid groups (broad SMARTS) is 1. The molecule has 4 aromatic carbocycles. The standard InChI is InChI=1S/C30H28N4O5S/c31-27(32)23-11-5-6-19(14-23)17-30(33,40(38,39)25-13-12-20-7-1-2-8-21(20)15-25)29(37)34-18-24-10-4-3-9-22(24)16-26(34)28(35)36/h1-15,26H,16-18,33H2,(H3,31,32)(H,35,36)/t26?,30-/m1/s1. The molecule has 0 aromatic heterocycles. The minimum atomic E-state index is -4.59. The summed E-state index contributed by atoms with van der Waals surface area (Å²) in [4.78, 5) is 25.0. The first kappa shape index (κ1) is 27.0. The lowest BCUT2D eigenvalue weighted by Crippen LogP contribution is -2.64. The second-order valence-corrected chi connectivity index (χ2v) is 12.2. The van der Waals surface area contributed by atoms with Gasteiger partial charge in [-0.3, -0.25) is 10.2 Å². The summed E-state index contributed by atoms with van der Waals surface area (Å²) in [5, 5.41) is 19.3. The Labute approximate surface area is 231 Å². The number of aliphatic carboxylic acids is 1. The zero-order valence-corrected chi connectivity index (χ0v) is 22.3. The highest BCUT2D eigenvalue weighted by molar-refractivity contribution is 7.93. The summed E-state index contributed by atoms with van der Waals surface area (Å²) in [5.74, 6) is -2.51. The number of nitrogens with one attached hydrogen (secondary N) is 1. The molecule has 1 aliphatic rings. The highest BCUT2D eigenvalue weighted by atomic mass is 32.2. The predicted octanol–water partition coefficient (Wildman–Crippen LogP) is 2.83. The first-order valence-electron chi connectivity index (χ1n) is 12.6. The first-order valence-corrected chi connectivity index (χ1v) is 14.1. The van der Waals surface area contributed by atoms with E-state index >= 15 is 0 Å². The minimum absolute atomic E-state index is 0.0170. The molecule has 0 saturated heterocycles. The van der Waals surface area contributed by atoms with Crippen LogP contribution in [0.25, 0.3) is 10.8 Å². The quantitative estimate of drug-likeness (QED) is 0.200. The van der Waals surface area contributed by atoms with Crippen molar-refractivity contribution in [3.8, 4) is 0 Å². The molecule has 0 bridgehead atoms. The van der Waals surface area contributed by atoms with Crippen molar-refractivity contribution in [2.45, 2.75) is 35.2 Å². The van der Waals surface area contributed by atoms with E-state index in [4.69, 9.17) is 16.9 Å². The smallest absolute Gasteiger partial charge is 0.326 e. The number of hydrogen-bond donors (Lipinski definition) is 4. The van der Waals surface area contributed by atoms with Crippen LogP contribution in [0.5, 0.6) is 0 Å². The van der Waals surface area contributed by atoms with E-state index in [0.717, 1.165) is 21.4 Å². The molecule has 1 heterocycles. The van der Waals surface area contributed by atoms with E-state index in [-0.39, 0.29) is 23.7 Å². The van der Waals surface area contributed by atoms with E-state index in [1.807, 2.05) is 12.1 Å².